The van der Waals surface area contributed by atoms with E-state index in [2.05, 4.69) is 20.6 Å². The molecule has 5 heteroatoms. The fourth-order valence-electron chi connectivity index (χ4n) is 1.91. The molecule has 5 nitrogen and oxygen atoms in total. The summed E-state index contributed by atoms with van der Waals surface area (Å²) in [7, 11) is 1.40. The maximum atomic E-state index is 11.1. The monoisotopic (exact) mass is 225 g/mol. The Hall–Kier alpha value is -1.12. The van der Waals surface area contributed by atoms with Gasteiger partial charge in [0.05, 0.1) is 25.8 Å². The number of ether oxygens (including phenoxy) is 1. The van der Waals surface area contributed by atoms with Crippen molar-refractivity contribution in [2.24, 2.45) is 0 Å². The van der Waals surface area contributed by atoms with Gasteiger partial charge in [-0.05, 0) is 6.42 Å². The Bertz CT molecular complexity index is 267. The highest BCUT2D eigenvalue weighted by atomic mass is 16.5. The van der Waals surface area contributed by atoms with Crippen molar-refractivity contribution in [2.75, 3.05) is 39.8 Å². The Morgan fingerprint density at radius 3 is 2.50 bits per heavy atom. The Balaban J connectivity index is 2.34. The Morgan fingerprint density at radius 2 is 2.06 bits per heavy atom. The number of rotatable bonds is 4. The van der Waals surface area contributed by atoms with Gasteiger partial charge >= 0.3 is 5.97 Å². The molecule has 90 valence electrons. The van der Waals surface area contributed by atoms with Crippen LogP contribution in [-0.2, 0) is 9.53 Å². The third-order valence-electron chi connectivity index (χ3n) is 2.96. The molecular formula is C11H19N3O2. The van der Waals surface area contributed by atoms with E-state index < -0.39 is 0 Å². The molecular weight excluding hydrogens is 206 g/mol. The standard InChI is InChI=1S/C11H19N3O2/c1-3-10(8-12)14-6-4-13(5-7-14)9-11(15)16-2/h10H,3-7,9H2,1-2H3. The maximum absolute atomic E-state index is 11.1. The number of nitrogens with zero attached hydrogens (tertiary/aromatic N) is 3. The second-order valence-electron chi connectivity index (χ2n) is 3.94. The smallest absolute Gasteiger partial charge is 0.319 e. The maximum Gasteiger partial charge on any atom is 0.319 e. The van der Waals surface area contributed by atoms with E-state index in [1.54, 1.807) is 0 Å². The molecule has 0 aromatic heterocycles. The Kier molecular flexibility index (Phi) is 5.23. The topological polar surface area (TPSA) is 56.6 Å². The molecule has 0 spiro atoms. The number of hydrogen-bond donors (Lipinski definition) is 0. The average Bonchev–Trinajstić information content (AvgIpc) is 2.32. The molecule has 0 amide bonds. The molecule has 0 N–H and O–H groups in total. The largest absolute Gasteiger partial charge is 0.468 e. The zero-order valence-electron chi connectivity index (χ0n) is 9.98. The predicted octanol–water partition coefficient (Wildman–Crippen LogP) is 0.0792. The van der Waals surface area contributed by atoms with E-state index >= 15 is 0 Å². The van der Waals surface area contributed by atoms with E-state index in [4.69, 9.17) is 5.26 Å². The first-order valence-electron chi connectivity index (χ1n) is 5.64. The minimum absolute atomic E-state index is 0.0141. The third-order valence-corrected chi connectivity index (χ3v) is 2.96. The number of hydrogen-bond acceptors (Lipinski definition) is 5. The van der Waals surface area contributed by atoms with Gasteiger partial charge in [-0.3, -0.25) is 14.6 Å². The lowest BCUT2D eigenvalue weighted by molar-refractivity contribution is -0.142. The summed E-state index contributed by atoms with van der Waals surface area (Å²) in [6.07, 6.45) is 0.855. The van der Waals surface area contributed by atoms with Crippen molar-refractivity contribution in [3.63, 3.8) is 0 Å². The molecule has 1 saturated heterocycles. The van der Waals surface area contributed by atoms with Crippen LogP contribution in [0.2, 0.25) is 0 Å². The van der Waals surface area contributed by atoms with Crippen LogP contribution < -0.4 is 0 Å². The molecule has 0 aliphatic carbocycles. The van der Waals surface area contributed by atoms with Gasteiger partial charge in [0, 0.05) is 26.2 Å². The zero-order valence-corrected chi connectivity index (χ0v) is 9.98. The van der Waals surface area contributed by atoms with Crippen LogP contribution in [0.4, 0.5) is 0 Å². The summed E-state index contributed by atoms with van der Waals surface area (Å²) in [4.78, 5) is 15.3. The molecule has 1 atom stereocenters. The van der Waals surface area contributed by atoms with E-state index in [9.17, 15) is 4.79 Å². The number of carbonyl (C=O) groups excluding carboxylic acids is 1. The highest BCUT2D eigenvalue weighted by Crippen LogP contribution is 2.08. The van der Waals surface area contributed by atoms with Crippen LogP contribution in [0.1, 0.15) is 13.3 Å². The van der Waals surface area contributed by atoms with Crippen LogP contribution in [0.3, 0.4) is 0 Å². The Labute approximate surface area is 96.6 Å². The normalized spacial score (nSPS) is 20.1. The van der Waals surface area contributed by atoms with E-state index in [0.717, 1.165) is 32.6 Å². The molecule has 0 aromatic rings. The van der Waals surface area contributed by atoms with Crippen LogP contribution in [-0.4, -0.2) is 61.6 Å². The molecule has 0 saturated carbocycles. The number of nitriles is 1. The van der Waals surface area contributed by atoms with E-state index in [0.29, 0.717) is 6.54 Å². The van der Waals surface area contributed by atoms with Gasteiger partial charge in [0.15, 0.2) is 0 Å². The minimum Gasteiger partial charge on any atom is -0.468 e. The lowest BCUT2D eigenvalue weighted by atomic mass is 10.2. The van der Waals surface area contributed by atoms with Gasteiger partial charge in [0.1, 0.15) is 0 Å². The van der Waals surface area contributed by atoms with Gasteiger partial charge in [-0.2, -0.15) is 5.26 Å². The minimum atomic E-state index is -0.194. The molecule has 1 rings (SSSR count). The van der Waals surface area contributed by atoms with Crippen LogP contribution >= 0.6 is 0 Å². The molecule has 0 aromatic carbocycles. The molecule has 0 bridgehead atoms. The zero-order chi connectivity index (χ0) is 12.0. The van der Waals surface area contributed by atoms with Gasteiger partial charge < -0.3 is 4.74 Å². The van der Waals surface area contributed by atoms with Crippen LogP contribution in [0.15, 0.2) is 0 Å². The fraction of sp³-hybridized carbons (Fsp3) is 0.818. The molecule has 1 aliphatic rings. The molecule has 16 heavy (non-hydrogen) atoms. The van der Waals surface area contributed by atoms with Gasteiger partial charge in [-0.1, -0.05) is 6.92 Å². The first-order chi connectivity index (χ1) is 7.71. The van der Waals surface area contributed by atoms with Crippen LogP contribution in [0.5, 0.6) is 0 Å². The van der Waals surface area contributed by atoms with Gasteiger partial charge in [0.25, 0.3) is 0 Å². The summed E-state index contributed by atoms with van der Waals surface area (Å²) in [5.41, 5.74) is 0. The van der Waals surface area contributed by atoms with Gasteiger partial charge in [-0.15, -0.1) is 0 Å². The highest BCUT2D eigenvalue weighted by molar-refractivity contribution is 5.71. The van der Waals surface area contributed by atoms with Crippen molar-refractivity contribution in [2.45, 2.75) is 19.4 Å². The fourth-order valence-corrected chi connectivity index (χ4v) is 1.91. The van der Waals surface area contributed by atoms with E-state index in [-0.39, 0.29) is 12.0 Å². The first-order valence-corrected chi connectivity index (χ1v) is 5.64. The van der Waals surface area contributed by atoms with Crippen molar-refractivity contribution in [1.82, 2.24) is 9.80 Å². The van der Waals surface area contributed by atoms with Crippen molar-refractivity contribution in [3.8, 4) is 6.07 Å². The average molecular weight is 225 g/mol. The van der Waals surface area contributed by atoms with Crippen molar-refractivity contribution in [1.29, 1.82) is 5.26 Å². The molecule has 1 fully saturated rings. The SMILES string of the molecule is CCC(C#N)N1CCN(CC(=O)OC)CC1. The van der Waals surface area contributed by atoms with Crippen LogP contribution in [0.25, 0.3) is 0 Å². The summed E-state index contributed by atoms with van der Waals surface area (Å²) < 4.78 is 4.62. The molecule has 1 unspecified atom stereocenters. The summed E-state index contributed by atoms with van der Waals surface area (Å²) in [5.74, 6) is -0.194. The quantitative estimate of drug-likeness (QED) is 0.634. The number of carbonyl (C=O) groups is 1. The summed E-state index contributed by atoms with van der Waals surface area (Å²) >= 11 is 0. The van der Waals surface area contributed by atoms with E-state index in [1.807, 2.05) is 6.92 Å². The Morgan fingerprint density at radius 1 is 1.44 bits per heavy atom. The number of piperazine rings is 1. The summed E-state index contributed by atoms with van der Waals surface area (Å²) in [6.45, 7) is 5.73. The molecule has 0 radical (unpaired) electrons. The summed E-state index contributed by atoms with van der Waals surface area (Å²) in [5, 5.41) is 8.95. The molecule has 1 aliphatic heterocycles. The lowest BCUT2D eigenvalue weighted by Gasteiger charge is -2.36. The van der Waals surface area contributed by atoms with Crippen molar-refractivity contribution >= 4 is 5.97 Å². The second kappa shape index (κ2) is 6.46. The van der Waals surface area contributed by atoms with Gasteiger partial charge in [-0.25, -0.2) is 0 Å². The number of esters is 1. The van der Waals surface area contributed by atoms with Crippen molar-refractivity contribution < 1.29 is 9.53 Å². The molecule has 1 heterocycles. The highest BCUT2D eigenvalue weighted by Gasteiger charge is 2.23. The van der Waals surface area contributed by atoms with E-state index in [1.165, 1.54) is 7.11 Å². The number of methoxy groups -OCH3 is 1. The predicted molar refractivity (Wildman–Crippen MR) is 59.7 cm³/mol. The van der Waals surface area contributed by atoms with Crippen molar-refractivity contribution in [3.05, 3.63) is 0 Å². The third kappa shape index (κ3) is 3.47. The van der Waals surface area contributed by atoms with Crippen LogP contribution in [0, 0.1) is 11.3 Å². The lowest BCUT2D eigenvalue weighted by Crippen LogP contribution is -2.51. The first kappa shape index (κ1) is 12.9. The summed E-state index contributed by atoms with van der Waals surface area (Å²) in [6, 6.07) is 2.32. The van der Waals surface area contributed by atoms with Gasteiger partial charge in [0.2, 0.25) is 0 Å². The second-order valence-corrected chi connectivity index (χ2v) is 3.94.